The molecule has 0 saturated carbocycles. The number of ketones is 1. The van der Waals surface area contributed by atoms with E-state index in [4.69, 9.17) is 25.1 Å². The molecule has 2 aromatic rings. The van der Waals surface area contributed by atoms with Gasteiger partial charge in [-0.3, -0.25) is 9.69 Å². The van der Waals surface area contributed by atoms with Crippen LogP contribution in [0.3, 0.4) is 0 Å². The maximum Gasteiger partial charge on any atom is 0.338 e. The van der Waals surface area contributed by atoms with E-state index in [0.29, 0.717) is 53.3 Å². The summed E-state index contributed by atoms with van der Waals surface area (Å²) in [6.07, 6.45) is 1.48. The summed E-state index contributed by atoms with van der Waals surface area (Å²) in [5, 5.41) is 5.24. The quantitative estimate of drug-likeness (QED) is 0.577. The van der Waals surface area contributed by atoms with Gasteiger partial charge in [0, 0.05) is 23.4 Å². The average Bonchev–Trinajstić information content (AvgIpc) is 3.31. The molecule has 2 aliphatic heterocycles. The van der Waals surface area contributed by atoms with Gasteiger partial charge in [0.2, 0.25) is 16.8 Å². The number of esters is 1. The predicted octanol–water partition coefficient (Wildman–Crippen LogP) is 2.41. The second-order valence-corrected chi connectivity index (χ2v) is 10.1. The van der Waals surface area contributed by atoms with Crippen LogP contribution in [0.15, 0.2) is 70.0 Å². The number of hydrogen-bond acceptors (Lipinski definition) is 9. The number of fused-ring (bicyclic) bond motifs is 1. The molecule has 188 valence electrons. The number of ether oxygens (including phenoxy) is 3. The number of carbonyl (C=O) groups excluding carboxylic acids is 2. The minimum absolute atomic E-state index is 0.0661. The zero-order chi connectivity index (χ0) is 25.6. The number of Topliss-reactive ketones (excluding diaryl/α,β-unsaturated/α-hetero) is 1. The maximum atomic E-state index is 13.4. The monoisotopic (exact) mass is 511 g/mol. The van der Waals surface area contributed by atoms with Crippen LogP contribution in [0, 0.1) is 0 Å². The smallest absolute Gasteiger partial charge is 0.338 e. The summed E-state index contributed by atoms with van der Waals surface area (Å²) in [5.41, 5.74) is 9.04. The number of carbonyl (C=O) groups is 2. The van der Waals surface area contributed by atoms with Crippen molar-refractivity contribution in [3.63, 3.8) is 0 Å². The zero-order valence-electron chi connectivity index (χ0n) is 19.5. The third kappa shape index (κ3) is 3.99. The minimum Gasteiger partial charge on any atom is -0.463 e. The largest absolute Gasteiger partial charge is 0.463 e. The van der Waals surface area contributed by atoms with E-state index >= 15 is 0 Å². The van der Waals surface area contributed by atoms with Gasteiger partial charge in [-0.25, -0.2) is 18.4 Å². The molecule has 4 N–H and O–H groups in total. The highest BCUT2D eigenvalue weighted by Gasteiger charge is 2.43. The molecular formula is C25H25N3O7S. The standard InChI is InChI=1S/C25H25N3O7S/c1-2-33-25(30)23-21(14-6-11-19-20(12-14)35-13-34-19)22-17(4-3-5-18(22)29)28(24(23)26)15-7-9-16(10-8-15)36(27,31)32/h6-12,21H,2-5,13,26H2,1H3,(H2,27,31,32). The molecule has 1 aliphatic carbocycles. The lowest BCUT2D eigenvalue weighted by atomic mass is 9.75. The lowest BCUT2D eigenvalue weighted by molar-refractivity contribution is -0.138. The van der Waals surface area contributed by atoms with Crippen LogP contribution in [0.5, 0.6) is 11.5 Å². The first-order chi connectivity index (χ1) is 17.2. The summed E-state index contributed by atoms with van der Waals surface area (Å²) in [6, 6.07) is 11.1. The average molecular weight is 512 g/mol. The minimum atomic E-state index is -3.90. The van der Waals surface area contributed by atoms with E-state index in [0.717, 1.165) is 0 Å². The van der Waals surface area contributed by atoms with Gasteiger partial charge in [-0.05, 0) is 61.7 Å². The Hall–Kier alpha value is -3.83. The van der Waals surface area contributed by atoms with Crippen LogP contribution in [-0.2, 0) is 24.3 Å². The van der Waals surface area contributed by atoms with E-state index in [9.17, 15) is 18.0 Å². The fraction of sp³-hybridized carbons (Fsp3) is 0.280. The van der Waals surface area contributed by atoms with Crippen LogP contribution < -0.4 is 25.2 Å². The molecule has 36 heavy (non-hydrogen) atoms. The molecule has 3 aliphatic rings. The Labute approximate surface area is 208 Å². The van der Waals surface area contributed by atoms with Crippen molar-refractivity contribution in [3.8, 4) is 11.5 Å². The SMILES string of the molecule is CCOC(=O)C1=C(N)N(c2ccc(S(N)(=O)=O)cc2)C2=C(C(=O)CCC2)C1c1ccc2c(c1)OCO2. The summed E-state index contributed by atoms with van der Waals surface area (Å²) in [5.74, 6) is -0.312. The van der Waals surface area contributed by atoms with Crippen molar-refractivity contribution >= 4 is 27.5 Å². The Kier molecular flexibility index (Phi) is 5.97. The predicted molar refractivity (Wildman–Crippen MR) is 129 cm³/mol. The molecule has 0 aromatic heterocycles. The van der Waals surface area contributed by atoms with Crippen LogP contribution in [0.1, 0.15) is 37.7 Å². The van der Waals surface area contributed by atoms with Gasteiger partial charge in [-0.1, -0.05) is 6.07 Å². The molecule has 5 rings (SSSR count). The number of anilines is 1. The van der Waals surface area contributed by atoms with E-state index < -0.39 is 21.9 Å². The van der Waals surface area contributed by atoms with Gasteiger partial charge < -0.3 is 19.9 Å². The van der Waals surface area contributed by atoms with E-state index in [1.807, 2.05) is 0 Å². The van der Waals surface area contributed by atoms with E-state index in [1.54, 1.807) is 42.2 Å². The molecule has 2 heterocycles. The molecule has 11 heteroatoms. The number of sulfonamides is 1. The molecule has 2 aromatic carbocycles. The summed E-state index contributed by atoms with van der Waals surface area (Å²) < 4.78 is 39.8. The van der Waals surface area contributed by atoms with Gasteiger partial charge in [-0.2, -0.15) is 0 Å². The first-order valence-electron chi connectivity index (χ1n) is 11.5. The maximum absolute atomic E-state index is 13.4. The van der Waals surface area contributed by atoms with Gasteiger partial charge in [0.05, 0.1) is 23.0 Å². The third-order valence-electron chi connectivity index (χ3n) is 6.44. The topological polar surface area (TPSA) is 151 Å². The number of nitrogens with two attached hydrogens (primary N) is 2. The van der Waals surface area contributed by atoms with Crippen molar-refractivity contribution in [1.82, 2.24) is 0 Å². The number of hydrogen-bond donors (Lipinski definition) is 2. The number of allylic oxidation sites excluding steroid dienone is 2. The molecule has 0 radical (unpaired) electrons. The van der Waals surface area contributed by atoms with Crippen molar-refractivity contribution in [2.24, 2.45) is 10.9 Å². The number of benzene rings is 2. The first-order valence-corrected chi connectivity index (χ1v) is 13.0. The van der Waals surface area contributed by atoms with E-state index in [2.05, 4.69) is 0 Å². The molecule has 10 nitrogen and oxygen atoms in total. The Morgan fingerprint density at radius 3 is 2.53 bits per heavy atom. The molecule has 0 fully saturated rings. The highest BCUT2D eigenvalue weighted by molar-refractivity contribution is 7.89. The Morgan fingerprint density at radius 1 is 1.11 bits per heavy atom. The van der Waals surface area contributed by atoms with E-state index in [-0.39, 0.29) is 35.5 Å². The van der Waals surface area contributed by atoms with Crippen molar-refractivity contribution in [2.45, 2.75) is 37.0 Å². The van der Waals surface area contributed by atoms with Gasteiger partial charge in [0.1, 0.15) is 5.82 Å². The number of primary sulfonamides is 1. The second kappa shape index (κ2) is 8.99. The van der Waals surface area contributed by atoms with Crippen LogP contribution in [0.2, 0.25) is 0 Å². The van der Waals surface area contributed by atoms with Crippen LogP contribution >= 0.6 is 0 Å². The van der Waals surface area contributed by atoms with Gasteiger partial charge >= 0.3 is 5.97 Å². The van der Waals surface area contributed by atoms with Gasteiger partial charge in [-0.15, -0.1) is 0 Å². The van der Waals surface area contributed by atoms with Gasteiger partial charge in [0.25, 0.3) is 0 Å². The fourth-order valence-electron chi connectivity index (χ4n) is 4.90. The normalized spacial score (nSPS) is 19.4. The molecular weight excluding hydrogens is 486 g/mol. The highest BCUT2D eigenvalue weighted by Crippen LogP contribution is 2.48. The fourth-order valence-corrected chi connectivity index (χ4v) is 5.42. The molecule has 1 atom stereocenters. The summed E-state index contributed by atoms with van der Waals surface area (Å²) in [6.45, 7) is 1.89. The summed E-state index contributed by atoms with van der Waals surface area (Å²) in [7, 11) is -3.90. The first kappa shape index (κ1) is 23.9. The molecule has 0 spiro atoms. The second-order valence-electron chi connectivity index (χ2n) is 8.58. The Bertz CT molecular complexity index is 1430. The molecule has 1 unspecified atom stereocenters. The summed E-state index contributed by atoms with van der Waals surface area (Å²) >= 11 is 0. The van der Waals surface area contributed by atoms with Crippen molar-refractivity contribution in [3.05, 3.63) is 70.7 Å². The van der Waals surface area contributed by atoms with Crippen molar-refractivity contribution < 1.29 is 32.2 Å². The third-order valence-corrected chi connectivity index (χ3v) is 7.37. The highest BCUT2D eigenvalue weighted by atomic mass is 32.2. The lowest BCUT2D eigenvalue weighted by Crippen LogP contribution is -2.41. The van der Waals surface area contributed by atoms with Crippen LogP contribution in [0.4, 0.5) is 5.69 Å². The summed E-state index contributed by atoms with van der Waals surface area (Å²) in [4.78, 5) is 28.3. The zero-order valence-corrected chi connectivity index (χ0v) is 20.3. The van der Waals surface area contributed by atoms with E-state index in [1.165, 1.54) is 12.1 Å². The molecule has 0 saturated heterocycles. The van der Waals surface area contributed by atoms with Gasteiger partial charge in [0.15, 0.2) is 17.3 Å². The lowest BCUT2D eigenvalue weighted by Gasteiger charge is -2.40. The Morgan fingerprint density at radius 2 is 1.83 bits per heavy atom. The molecule has 0 amide bonds. The Balaban J connectivity index is 1.72. The number of rotatable bonds is 5. The molecule has 0 bridgehead atoms. The van der Waals surface area contributed by atoms with Crippen LogP contribution in [0.25, 0.3) is 0 Å². The van der Waals surface area contributed by atoms with Crippen molar-refractivity contribution in [1.29, 1.82) is 0 Å². The number of nitrogens with zero attached hydrogens (tertiary/aromatic N) is 1. The van der Waals surface area contributed by atoms with Crippen LogP contribution in [-0.4, -0.2) is 33.6 Å². The van der Waals surface area contributed by atoms with Crippen molar-refractivity contribution in [2.75, 3.05) is 18.3 Å².